The Kier molecular flexibility index (Phi) is 5.23. The van der Waals surface area contributed by atoms with Crippen LogP contribution in [0.5, 0.6) is 0 Å². The van der Waals surface area contributed by atoms with Crippen LogP contribution in [0.25, 0.3) is 21.9 Å². The lowest BCUT2D eigenvalue weighted by Gasteiger charge is -2.10. The number of aromatic nitrogens is 3. The summed E-state index contributed by atoms with van der Waals surface area (Å²) in [4.78, 5) is 18.0. The van der Waals surface area contributed by atoms with Gasteiger partial charge < -0.3 is 4.57 Å². The number of hydrogen-bond acceptors (Lipinski definition) is 2. The van der Waals surface area contributed by atoms with E-state index >= 15 is 0 Å². The molecule has 3 aromatic carbocycles. The molecule has 5 rings (SSSR count). The van der Waals surface area contributed by atoms with E-state index in [1.54, 1.807) is 21.3 Å². The van der Waals surface area contributed by atoms with Crippen LogP contribution in [0.1, 0.15) is 11.1 Å². The van der Waals surface area contributed by atoms with Crippen molar-refractivity contribution < 1.29 is 8.78 Å². The van der Waals surface area contributed by atoms with Crippen molar-refractivity contribution in [1.29, 1.82) is 0 Å². The van der Waals surface area contributed by atoms with E-state index in [9.17, 15) is 13.6 Å². The van der Waals surface area contributed by atoms with Gasteiger partial charge in [-0.05, 0) is 47.9 Å². The molecule has 0 N–H and O–H groups in total. The van der Waals surface area contributed by atoms with Gasteiger partial charge in [0, 0.05) is 23.5 Å². The van der Waals surface area contributed by atoms with Gasteiger partial charge in [0.25, 0.3) is 5.56 Å². The monoisotopic (exact) mass is 449 g/mol. The predicted molar refractivity (Wildman–Crippen MR) is 122 cm³/mol. The van der Waals surface area contributed by atoms with Gasteiger partial charge in [0.05, 0.1) is 11.8 Å². The lowest BCUT2D eigenvalue weighted by Crippen LogP contribution is -2.23. The zero-order chi connectivity index (χ0) is 22.2. The fourth-order valence-electron chi connectivity index (χ4n) is 4.01. The van der Waals surface area contributed by atoms with Crippen LogP contribution < -0.4 is 5.56 Å². The molecule has 0 bridgehead atoms. The molecule has 2 heterocycles. The highest BCUT2D eigenvalue weighted by molar-refractivity contribution is 6.31. The molecule has 7 heteroatoms. The molecule has 0 aliphatic rings. The molecule has 5 aromatic rings. The van der Waals surface area contributed by atoms with E-state index in [1.165, 1.54) is 30.6 Å². The Bertz CT molecular complexity index is 1510. The van der Waals surface area contributed by atoms with Crippen LogP contribution in [0, 0.1) is 11.6 Å². The second-order valence-corrected chi connectivity index (χ2v) is 8.07. The van der Waals surface area contributed by atoms with Crippen LogP contribution in [0.15, 0.2) is 77.9 Å². The Labute approximate surface area is 187 Å². The maximum atomic E-state index is 14.0. The fourth-order valence-corrected chi connectivity index (χ4v) is 4.24. The van der Waals surface area contributed by atoms with E-state index < -0.39 is 11.6 Å². The quantitative estimate of drug-likeness (QED) is 0.351. The molecule has 32 heavy (non-hydrogen) atoms. The SMILES string of the molecule is O=c1c2c(ncn1CCc1ccccc1)c1cc(F)ccc1n2Cc1ccc(F)cc1Cl. The zero-order valence-electron chi connectivity index (χ0n) is 16.9. The average Bonchev–Trinajstić information content (AvgIpc) is 3.09. The molecule has 0 aliphatic heterocycles. The van der Waals surface area contributed by atoms with Crippen molar-refractivity contribution in [2.75, 3.05) is 0 Å². The lowest BCUT2D eigenvalue weighted by atomic mass is 10.1. The Balaban J connectivity index is 1.66. The molecular weight excluding hydrogens is 432 g/mol. The van der Waals surface area contributed by atoms with Crippen molar-refractivity contribution >= 4 is 33.5 Å². The summed E-state index contributed by atoms with van der Waals surface area (Å²) in [5, 5.41) is 0.806. The van der Waals surface area contributed by atoms with E-state index in [2.05, 4.69) is 4.98 Å². The standard InChI is InChI=1S/C25H18ClF2N3O/c26-21-13-19(28)7-6-17(21)14-31-22-9-8-18(27)12-20(22)23-24(31)25(32)30(15-29-23)11-10-16-4-2-1-3-5-16/h1-9,12-13,15H,10-11,14H2. The molecule has 0 saturated carbocycles. The van der Waals surface area contributed by atoms with Gasteiger partial charge in [-0.1, -0.05) is 48.0 Å². The maximum Gasteiger partial charge on any atom is 0.277 e. The number of nitrogens with zero attached hydrogens (tertiary/aromatic N) is 3. The van der Waals surface area contributed by atoms with Gasteiger partial charge in [0.1, 0.15) is 22.7 Å². The number of fused-ring (bicyclic) bond motifs is 3. The first-order chi connectivity index (χ1) is 15.5. The van der Waals surface area contributed by atoms with Crippen LogP contribution in [0.3, 0.4) is 0 Å². The van der Waals surface area contributed by atoms with Gasteiger partial charge in [-0.15, -0.1) is 0 Å². The average molecular weight is 450 g/mol. The molecule has 0 spiro atoms. The first kappa shape index (κ1) is 20.4. The Morgan fingerprint density at radius 3 is 2.47 bits per heavy atom. The summed E-state index contributed by atoms with van der Waals surface area (Å²) in [6, 6.07) is 18.4. The van der Waals surface area contributed by atoms with Gasteiger partial charge in [-0.2, -0.15) is 0 Å². The third-order valence-electron chi connectivity index (χ3n) is 5.62. The van der Waals surface area contributed by atoms with E-state index in [0.717, 1.165) is 5.56 Å². The molecule has 0 unspecified atom stereocenters. The van der Waals surface area contributed by atoms with E-state index in [4.69, 9.17) is 11.6 Å². The number of halogens is 3. The van der Waals surface area contributed by atoms with E-state index in [0.29, 0.717) is 40.5 Å². The van der Waals surface area contributed by atoms with E-state index in [-0.39, 0.29) is 17.1 Å². The largest absolute Gasteiger partial charge is 0.330 e. The minimum atomic E-state index is -0.437. The number of benzene rings is 3. The summed E-state index contributed by atoms with van der Waals surface area (Å²) in [5.41, 5.74) is 2.99. The summed E-state index contributed by atoms with van der Waals surface area (Å²) < 4.78 is 30.9. The highest BCUT2D eigenvalue weighted by atomic mass is 35.5. The summed E-state index contributed by atoms with van der Waals surface area (Å²) in [6.45, 7) is 0.684. The Hall–Kier alpha value is -3.51. The number of hydrogen-bond donors (Lipinski definition) is 0. The van der Waals surface area contributed by atoms with Gasteiger partial charge in [-0.3, -0.25) is 9.36 Å². The topological polar surface area (TPSA) is 39.8 Å². The zero-order valence-corrected chi connectivity index (χ0v) is 17.7. The summed E-state index contributed by atoms with van der Waals surface area (Å²) in [7, 11) is 0. The predicted octanol–water partition coefficient (Wildman–Crippen LogP) is 5.57. The third-order valence-corrected chi connectivity index (χ3v) is 5.97. The second-order valence-electron chi connectivity index (χ2n) is 7.66. The van der Waals surface area contributed by atoms with Crippen molar-refractivity contribution in [3.63, 3.8) is 0 Å². The van der Waals surface area contributed by atoms with Crippen molar-refractivity contribution in [3.8, 4) is 0 Å². The third kappa shape index (κ3) is 3.67. The van der Waals surface area contributed by atoms with Crippen LogP contribution in [0.2, 0.25) is 5.02 Å². The molecule has 0 amide bonds. The van der Waals surface area contributed by atoms with E-state index in [1.807, 2.05) is 30.3 Å². The minimum Gasteiger partial charge on any atom is -0.330 e. The van der Waals surface area contributed by atoms with Gasteiger partial charge in [0.15, 0.2) is 0 Å². The van der Waals surface area contributed by atoms with Gasteiger partial charge in [0.2, 0.25) is 0 Å². The molecular formula is C25H18ClF2N3O. The van der Waals surface area contributed by atoms with Crippen molar-refractivity contribution in [1.82, 2.24) is 14.1 Å². The molecule has 2 aromatic heterocycles. The van der Waals surface area contributed by atoms with Crippen LogP contribution >= 0.6 is 11.6 Å². The second kappa shape index (κ2) is 8.20. The molecule has 0 fully saturated rings. The highest BCUT2D eigenvalue weighted by Gasteiger charge is 2.18. The van der Waals surface area contributed by atoms with Crippen LogP contribution in [0.4, 0.5) is 8.78 Å². The number of aryl methyl sites for hydroxylation is 2. The normalized spacial score (nSPS) is 11.5. The molecule has 0 saturated heterocycles. The number of rotatable bonds is 5. The minimum absolute atomic E-state index is 0.222. The summed E-state index contributed by atoms with van der Waals surface area (Å²) >= 11 is 6.25. The Morgan fingerprint density at radius 1 is 0.938 bits per heavy atom. The van der Waals surface area contributed by atoms with Gasteiger partial charge >= 0.3 is 0 Å². The van der Waals surface area contributed by atoms with Crippen molar-refractivity contribution in [3.05, 3.63) is 111 Å². The van der Waals surface area contributed by atoms with Crippen LogP contribution in [-0.4, -0.2) is 14.1 Å². The lowest BCUT2D eigenvalue weighted by molar-refractivity contribution is 0.626. The fraction of sp³-hybridized carbons (Fsp3) is 0.120. The smallest absolute Gasteiger partial charge is 0.277 e. The molecule has 160 valence electrons. The molecule has 0 radical (unpaired) electrons. The van der Waals surface area contributed by atoms with Crippen molar-refractivity contribution in [2.45, 2.75) is 19.5 Å². The first-order valence-corrected chi connectivity index (χ1v) is 10.5. The molecule has 0 aliphatic carbocycles. The highest BCUT2D eigenvalue weighted by Crippen LogP contribution is 2.28. The summed E-state index contributed by atoms with van der Waals surface area (Å²) in [6.07, 6.45) is 2.18. The van der Waals surface area contributed by atoms with Gasteiger partial charge in [-0.25, -0.2) is 13.8 Å². The molecule has 0 atom stereocenters. The first-order valence-electron chi connectivity index (χ1n) is 10.2. The molecule has 4 nitrogen and oxygen atoms in total. The Morgan fingerprint density at radius 2 is 1.69 bits per heavy atom. The van der Waals surface area contributed by atoms with Crippen molar-refractivity contribution in [2.24, 2.45) is 0 Å². The van der Waals surface area contributed by atoms with Crippen LogP contribution in [-0.2, 0) is 19.5 Å². The maximum absolute atomic E-state index is 14.0. The summed E-state index contributed by atoms with van der Waals surface area (Å²) in [5.74, 6) is -0.848.